The van der Waals surface area contributed by atoms with E-state index in [0.29, 0.717) is 12.0 Å². The van der Waals surface area contributed by atoms with E-state index in [2.05, 4.69) is 40.1 Å². The van der Waals surface area contributed by atoms with Gasteiger partial charge in [0, 0.05) is 38.8 Å². The van der Waals surface area contributed by atoms with Crippen molar-refractivity contribution in [2.24, 2.45) is 11.8 Å². The Hall–Kier alpha value is -1.39. The number of carboxylic acid groups (broad SMARTS) is 1. The van der Waals surface area contributed by atoms with Gasteiger partial charge in [0.1, 0.15) is 0 Å². The molecule has 21 heavy (non-hydrogen) atoms. The van der Waals surface area contributed by atoms with Crippen molar-refractivity contribution in [3.63, 3.8) is 0 Å². The van der Waals surface area contributed by atoms with Gasteiger partial charge in [0.25, 0.3) is 0 Å². The third-order valence-corrected chi connectivity index (χ3v) is 5.05. The molecule has 1 N–H and O–H groups in total. The summed E-state index contributed by atoms with van der Waals surface area (Å²) in [6.07, 6.45) is 1.21. The van der Waals surface area contributed by atoms with Crippen LogP contribution in [-0.4, -0.2) is 53.1 Å². The Morgan fingerprint density at radius 3 is 2.67 bits per heavy atom. The van der Waals surface area contributed by atoms with E-state index in [9.17, 15) is 4.79 Å². The van der Waals surface area contributed by atoms with E-state index in [0.717, 1.165) is 32.7 Å². The molecule has 2 unspecified atom stereocenters. The number of hydrogen-bond donors (Lipinski definition) is 1. The van der Waals surface area contributed by atoms with E-state index in [-0.39, 0.29) is 5.92 Å². The highest BCUT2D eigenvalue weighted by molar-refractivity contribution is 5.70. The Bertz CT molecular complexity index is 485. The fourth-order valence-corrected chi connectivity index (χ4v) is 3.46. The Morgan fingerprint density at radius 1 is 1.29 bits per heavy atom. The van der Waals surface area contributed by atoms with Gasteiger partial charge in [-0.25, -0.2) is 0 Å². The van der Waals surface area contributed by atoms with Crippen LogP contribution in [0, 0.1) is 11.8 Å². The molecule has 0 aliphatic carbocycles. The Labute approximate surface area is 126 Å². The Balaban J connectivity index is 1.45. The van der Waals surface area contributed by atoms with Crippen LogP contribution in [-0.2, 0) is 11.3 Å². The second-order valence-electron chi connectivity index (χ2n) is 6.50. The molecule has 2 saturated heterocycles. The average Bonchev–Trinajstić information content (AvgIpc) is 2.86. The third kappa shape index (κ3) is 3.27. The summed E-state index contributed by atoms with van der Waals surface area (Å²) >= 11 is 0. The quantitative estimate of drug-likeness (QED) is 0.899. The number of benzene rings is 1. The summed E-state index contributed by atoms with van der Waals surface area (Å²) in [5.74, 6) is -0.523. The van der Waals surface area contributed by atoms with E-state index in [1.165, 1.54) is 12.0 Å². The fourth-order valence-electron chi connectivity index (χ4n) is 3.46. The highest BCUT2D eigenvalue weighted by atomic mass is 16.4. The van der Waals surface area contributed by atoms with Gasteiger partial charge in [0.05, 0.1) is 5.92 Å². The SMILES string of the molecule is CC(C(=O)O)C1CN(C2CCN(Cc3ccccc3)C2)C1. The van der Waals surface area contributed by atoms with Crippen molar-refractivity contribution in [2.75, 3.05) is 26.2 Å². The molecule has 0 bridgehead atoms. The molecule has 0 spiro atoms. The predicted octanol–water partition coefficient (Wildman–Crippen LogP) is 1.91. The molecule has 0 amide bonds. The van der Waals surface area contributed by atoms with Crippen LogP contribution in [0.15, 0.2) is 30.3 Å². The standard InChI is InChI=1S/C17H24N2O2/c1-13(17(20)21)15-10-19(11-15)16-7-8-18(12-16)9-14-5-3-2-4-6-14/h2-6,13,15-16H,7-12H2,1H3,(H,20,21). The maximum absolute atomic E-state index is 11.0. The summed E-state index contributed by atoms with van der Waals surface area (Å²) in [5.41, 5.74) is 1.37. The minimum atomic E-state index is -0.656. The maximum atomic E-state index is 11.0. The number of carboxylic acids is 1. The van der Waals surface area contributed by atoms with E-state index in [4.69, 9.17) is 5.11 Å². The lowest BCUT2D eigenvalue weighted by molar-refractivity contribution is -0.145. The normalized spacial score (nSPS) is 25.7. The summed E-state index contributed by atoms with van der Waals surface area (Å²) in [7, 11) is 0. The molecular weight excluding hydrogens is 264 g/mol. The zero-order chi connectivity index (χ0) is 14.8. The summed E-state index contributed by atoms with van der Waals surface area (Å²) < 4.78 is 0. The van der Waals surface area contributed by atoms with Crippen molar-refractivity contribution in [2.45, 2.75) is 25.9 Å². The number of likely N-dealkylation sites (tertiary alicyclic amines) is 2. The van der Waals surface area contributed by atoms with Gasteiger partial charge in [0.2, 0.25) is 0 Å². The zero-order valence-corrected chi connectivity index (χ0v) is 12.6. The molecule has 0 saturated carbocycles. The first kappa shape index (κ1) is 14.5. The van der Waals surface area contributed by atoms with Gasteiger partial charge < -0.3 is 5.11 Å². The molecule has 0 radical (unpaired) electrons. The molecular formula is C17H24N2O2. The van der Waals surface area contributed by atoms with Crippen LogP contribution in [0.4, 0.5) is 0 Å². The van der Waals surface area contributed by atoms with Crippen LogP contribution >= 0.6 is 0 Å². The first-order valence-electron chi connectivity index (χ1n) is 7.86. The minimum Gasteiger partial charge on any atom is -0.481 e. The number of rotatable bonds is 5. The molecule has 2 atom stereocenters. The van der Waals surface area contributed by atoms with Crippen molar-refractivity contribution < 1.29 is 9.90 Å². The summed E-state index contributed by atoms with van der Waals surface area (Å²) in [6, 6.07) is 11.2. The molecule has 0 aromatic heterocycles. The molecule has 4 nitrogen and oxygen atoms in total. The first-order chi connectivity index (χ1) is 10.1. The number of carbonyl (C=O) groups is 1. The molecule has 2 aliphatic heterocycles. The van der Waals surface area contributed by atoms with Gasteiger partial charge in [-0.05, 0) is 17.9 Å². The topological polar surface area (TPSA) is 43.8 Å². The molecule has 4 heteroatoms. The van der Waals surface area contributed by atoms with Crippen LogP contribution in [0.3, 0.4) is 0 Å². The van der Waals surface area contributed by atoms with E-state index < -0.39 is 5.97 Å². The smallest absolute Gasteiger partial charge is 0.306 e. The van der Waals surface area contributed by atoms with Gasteiger partial charge >= 0.3 is 5.97 Å². The van der Waals surface area contributed by atoms with Gasteiger partial charge in [0.15, 0.2) is 0 Å². The molecule has 1 aromatic carbocycles. The third-order valence-electron chi connectivity index (χ3n) is 5.05. The highest BCUT2D eigenvalue weighted by Gasteiger charge is 2.39. The lowest BCUT2D eigenvalue weighted by atomic mass is 9.86. The molecule has 114 valence electrons. The van der Waals surface area contributed by atoms with Crippen molar-refractivity contribution >= 4 is 5.97 Å². The Kier molecular flexibility index (Phi) is 4.27. The van der Waals surface area contributed by atoms with E-state index >= 15 is 0 Å². The number of nitrogens with zero attached hydrogens (tertiary/aromatic N) is 2. The Morgan fingerprint density at radius 2 is 2.00 bits per heavy atom. The first-order valence-corrected chi connectivity index (χ1v) is 7.86. The van der Waals surface area contributed by atoms with E-state index in [1.807, 2.05) is 6.92 Å². The van der Waals surface area contributed by atoms with Crippen LogP contribution in [0.5, 0.6) is 0 Å². The van der Waals surface area contributed by atoms with Crippen LogP contribution in [0.2, 0.25) is 0 Å². The highest BCUT2D eigenvalue weighted by Crippen LogP contribution is 2.29. The van der Waals surface area contributed by atoms with Crippen LogP contribution in [0.1, 0.15) is 18.9 Å². The molecule has 2 aliphatic rings. The molecule has 2 heterocycles. The van der Waals surface area contributed by atoms with Crippen molar-refractivity contribution in [3.05, 3.63) is 35.9 Å². The second-order valence-corrected chi connectivity index (χ2v) is 6.50. The average molecular weight is 288 g/mol. The number of hydrogen-bond acceptors (Lipinski definition) is 3. The summed E-state index contributed by atoms with van der Waals surface area (Å²) in [5, 5.41) is 9.05. The fraction of sp³-hybridized carbons (Fsp3) is 0.588. The number of aliphatic carboxylic acids is 1. The van der Waals surface area contributed by atoms with Crippen molar-refractivity contribution in [3.8, 4) is 0 Å². The maximum Gasteiger partial charge on any atom is 0.306 e. The van der Waals surface area contributed by atoms with Crippen LogP contribution in [0.25, 0.3) is 0 Å². The van der Waals surface area contributed by atoms with Gasteiger partial charge in [-0.1, -0.05) is 37.3 Å². The van der Waals surface area contributed by atoms with Crippen molar-refractivity contribution in [1.82, 2.24) is 9.80 Å². The van der Waals surface area contributed by atoms with E-state index in [1.54, 1.807) is 0 Å². The lowest BCUT2D eigenvalue weighted by Gasteiger charge is -2.44. The minimum absolute atomic E-state index is 0.205. The van der Waals surface area contributed by atoms with Crippen LogP contribution < -0.4 is 0 Å². The predicted molar refractivity (Wildman–Crippen MR) is 82.0 cm³/mol. The largest absolute Gasteiger partial charge is 0.481 e. The zero-order valence-electron chi connectivity index (χ0n) is 12.6. The monoisotopic (exact) mass is 288 g/mol. The summed E-state index contributed by atoms with van der Waals surface area (Å²) in [4.78, 5) is 16.0. The van der Waals surface area contributed by atoms with Gasteiger partial charge in [-0.15, -0.1) is 0 Å². The lowest BCUT2D eigenvalue weighted by Crippen LogP contribution is -2.55. The van der Waals surface area contributed by atoms with Crippen molar-refractivity contribution in [1.29, 1.82) is 0 Å². The molecule has 3 rings (SSSR count). The molecule has 2 fully saturated rings. The van der Waals surface area contributed by atoms with Gasteiger partial charge in [-0.2, -0.15) is 0 Å². The molecule has 1 aromatic rings. The second kappa shape index (κ2) is 6.16. The van der Waals surface area contributed by atoms with Gasteiger partial charge in [-0.3, -0.25) is 14.6 Å². The summed E-state index contributed by atoms with van der Waals surface area (Å²) in [6.45, 7) is 7.04.